The Hall–Kier alpha value is -1.44. The second-order valence-electron chi connectivity index (χ2n) is 5.23. The zero-order chi connectivity index (χ0) is 14.8. The fraction of sp³-hybridized carbons (Fsp3) is 0.727. The third-order valence-corrected chi connectivity index (χ3v) is 5.31. The van der Waals surface area contributed by atoms with Crippen LogP contribution < -0.4 is 0 Å². The fourth-order valence-electron chi connectivity index (χ4n) is 1.33. The van der Waals surface area contributed by atoms with Crippen LogP contribution >= 0.6 is 0 Å². The van der Waals surface area contributed by atoms with E-state index in [2.05, 4.69) is 4.84 Å². The van der Waals surface area contributed by atoms with Gasteiger partial charge < -0.3 is 4.84 Å². The van der Waals surface area contributed by atoms with Crippen molar-refractivity contribution < 1.29 is 27.6 Å². The quantitative estimate of drug-likeness (QED) is 0.686. The molecule has 0 bridgehead atoms. The van der Waals surface area contributed by atoms with Crippen LogP contribution in [0.15, 0.2) is 0 Å². The topological polar surface area (TPSA) is 97.8 Å². The number of rotatable bonds is 4. The van der Waals surface area contributed by atoms with E-state index in [1.165, 1.54) is 20.8 Å². The van der Waals surface area contributed by atoms with E-state index in [0.29, 0.717) is 5.06 Å². The summed E-state index contributed by atoms with van der Waals surface area (Å²) in [7, 11) is -3.44. The van der Waals surface area contributed by atoms with Crippen LogP contribution in [0.2, 0.25) is 0 Å². The summed E-state index contributed by atoms with van der Waals surface area (Å²) in [5.41, 5.74) is 0. The highest BCUT2D eigenvalue weighted by Gasteiger charge is 2.34. The molecule has 0 radical (unpaired) electrons. The van der Waals surface area contributed by atoms with Crippen LogP contribution in [0.5, 0.6) is 0 Å². The van der Waals surface area contributed by atoms with Gasteiger partial charge in [0.15, 0.2) is 9.84 Å². The Kier molecular flexibility index (Phi) is 4.34. The molecule has 0 spiro atoms. The molecule has 8 heteroatoms. The molecule has 0 unspecified atom stereocenters. The maximum atomic E-state index is 11.8. The third kappa shape index (κ3) is 3.76. The van der Waals surface area contributed by atoms with Gasteiger partial charge in [-0.15, -0.1) is 5.06 Å². The Labute approximate surface area is 111 Å². The number of hydrogen-bond donors (Lipinski definition) is 0. The number of sulfone groups is 1. The molecule has 7 nitrogen and oxygen atoms in total. The van der Waals surface area contributed by atoms with Gasteiger partial charge in [0.05, 0.1) is 16.9 Å². The number of carbonyl (C=O) groups excluding carboxylic acids is 3. The summed E-state index contributed by atoms with van der Waals surface area (Å²) in [6, 6.07) is 0. The van der Waals surface area contributed by atoms with Crippen LogP contribution in [-0.2, 0) is 29.1 Å². The summed E-state index contributed by atoms with van der Waals surface area (Å²) in [6.45, 7) is 4.59. The highest BCUT2D eigenvalue weighted by Crippen LogP contribution is 2.18. The molecule has 0 aromatic carbocycles. The lowest BCUT2D eigenvalue weighted by molar-refractivity contribution is -0.197. The van der Waals surface area contributed by atoms with Crippen molar-refractivity contribution in [2.45, 2.75) is 44.8 Å². The monoisotopic (exact) mass is 291 g/mol. The summed E-state index contributed by atoms with van der Waals surface area (Å²) in [5.74, 6) is -2.46. The molecule has 0 aromatic heterocycles. The van der Waals surface area contributed by atoms with E-state index < -0.39 is 38.8 Å². The average Bonchev–Trinajstić information content (AvgIpc) is 2.57. The SMILES string of the molecule is CC(C)(C)S(=O)(=O)CCC(=O)ON1C(=O)CCC1=O. The molecule has 1 rings (SSSR count). The molecular weight excluding hydrogens is 274 g/mol. The van der Waals surface area contributed by atoms with Gasteiger partial charge in [-0.2, -0.15) is 0 Å². The van der Waals surface area contributed by atoms with Gasteiger partial charge in [-0.05, 0) is 20.8 Å². The van der Waals surface area contributed by atoms with Crippen molar-refractivity contribution in [3.05, 3.63) is 0 Å². The minimum atomic E-state index is -3.44. The Bertz CT molecular complexity index is 486. The summed E-state index contributed by atoms with van der Waals surface area (Å²) >= 11 is 0. The first-order valence-electron chi connectivity index (χ1n) is 5.83. The van der Waals surface area contributed by atoms with Crippen LogP contribution in [0.4, 0.5) is 0 Å². The molecule has 1 aliphatic rings. The predicted molar refractivity (Wildman–Crippen MR) is 65.3 cm³/mol. The van der Waals surface area contributed by atoms with E-state index >= 15 is 0 Å². The smallest absolute Gasteiger partial charge is 0.330 e. The summed E-state index contributed by atoms with van der Waals surface area (Å²) in [5, 5.41) is 0.409. The number of carbonyl (C=O) groups is 3. The van der Waals surface area contributed by atoms with Crippen molar-refractivity contribution in [3.63, 3.8) is 0 Å². The summed E-state index contributed by atoms with van der Waals surface area (Å²) in [4.78, 5) is 38.4. The first-order chi connectivity index (χ1) is 8.54. The zero-order valence-corrected chi connectivity index (χ0v) is 11.9. The standard InChI is InChI=1S/C11H17NO6S/c1-11(2,3)19(16,17)7-6-10(15)18-12-8(13)4-5-9(12)14/h4-7H2,1-3H3. The first-order valence-corrected chi connectivity index (χ1v) is 7.49. The van der Waals surface area contributed by atoms with Crippen LogP contribution in [-0.4, -0.2) is 41.8 Å². The lowest BCUT2D eigenvalue weighted by atomic mass is 10.3. The Morgan fingerprint density at radius 1 is 1.21 bits per heavy atom. The van der Waals surface area contributed by atoms with Gasteiger partial charge in [0.1, 0.15) is 0 Å². The summed E-state index contributed by atoms with van der Waals surface area (Å²) in [6.07, 6.45) is -0.379. The van der Waals surface area contributed by atoms with E-state index in [4.69, 9.17) is 0 Å². The molecule has 1 fully saturated rings. The van der Waals surface area contributed by atoms with Gasteiger partial charge in [0.2, 0.25) is 0 Å². The number of hydroxylamine groups is 2. The van der Waals surface area contributed by atoms with Gasteiger partial charge in [-0.1, -0.05) is 0 Å². The van der Waals surface area contributed by atoms with E-state index in [1.54, 1.807) is 0 Å². The molecule has 2 amide bonds. The molecule has 0 atom stereocenters. The van der Waals surface area contributed by atoms with Gasteiger partial charge in [-0.25, -0.2) is 13.2 Å². The molecule has 0 aromatic rings. The van der Waals surface area contributed by atoms with Crippen molar-refractivity contribution in [2.75, 3.05) is 5.75 Å². The van der Waals surface area contributed by atoms with Crippen LogP contribution in [0.3, 0.4) is 0 Å². The zero-order valence-electron chi connectivity index (χ0n) is 11.1. The highest BCUT2D eigenvalue weighted by molar-refractivity contribution is 7.92. The third-order valence-electron chi connectivity index (χ3n) is 2.71. The van der Waals surface area contributed by atoms with E-state index in [0.717, 1.165) is 0 Å². The largest absolute Gasteiger partial charge is 0.334 e. The van der Waals surface area contributed by atoms with Crippen molar-refractivity contribution in [1.29, 1.82) is 0 Å². The molecule has 19 heavy (non-hydrogen) atoms. The number of hydrogen-bond acceptors (Lipinski definition) is 6. The van der Waals surface area contributed by atoms with E-state index in [9.17, 15) is 22.8 Å². The molecule has 1 aliphatic heterocycles. The molecule has 1 heterocycles. The predicted octanol–water partition coefficient (Wildman–Crippen LogP) is 0.197. The van der Waals surface area contributed by atoms with Gasteiger partial charge >= 0.3 is 5.97 Å². The molecule has 0 saturated carbocycles. The van der Waals surface area contributed by atoms with Gasteiger partial charge in [-0.3, -0.25) is 9.59 Å². The minimum Gasteiger partial charge on any atom is -0.330 e. The second-order valence-corrected chi connectivity index (χ2v) is 8.09. The lowest BCUT2D eigenvalue weighted by Crippen LogP contribution is -2.34. The summed E-state index contributed by atoms with van der Waals surface area (Å²) < 4.78 is 22.6. The number of nitrogens with zero attached hydrogens (tertiary/aromatic N) is 1. The van der Waals surface area contributed by atoms with Gasteiger partial charge in [0, 0.05) is 12.8 Å². The second kappa shape index (κ2) is 5.28. The van der Waals surface area contributed by atoms with Crippen LogP contribution in [0.25, 0.3) is 0 Å². The van der Waals surface area contributed by atoms with Crippen molar-refractivity contribution >= 4 is 27.6 Å². The minimum absolute atomic E-state index is 0.00635. The van der Waals surface area contributed by atoms with E-state index in [1.807, 2.05) is 0 Å². The van der Waals surface area contributed by atoms with Crippen molar-refractivity contribution in [2.24, 2.45) is 0 Å². The van der Waals surface area contributed by atoms with Gasteiger partial charge in [0.25, 0.3) is 11.8 Å². The fourth-order valence-corrected chi connectivity index (χ4v) is 2.38. The van der Waals surface area contributed by atoms with Crippen LogP contribution in [0.1, 0.15) is 40.0 Å². The Morgan fingerprint density at radius 3 is 2.11 bits per heavy atom. The Balaban J connectivity index is 2.54. The molecule has 1 saturated heterocycles. The highest BCUT2D eigenvalue weighted by atomic mass is 32.2. The van der Waals surface area contributed by atoms with Crippen LogP contribution in [0, 0.1) is 0 Å². The number of imide groups is 1. The normalized spacial score (nSPS) is 16.9. The molecule has 0 N–H and O–H groups in total. The molecule has 0 aliphatic carbocycles. The first kappa shape index (κ1) is 15.6. The molecule has 108 valence electrons. The number of amides is 2. The van der Waals surface area contributed by atoms with Crippen molar-refractivity contribution in [1.82, 2.24) is 5.06 Å². The molecular formula is C11H17NO6S. The van der Waals surface area contributed by atoms with Crippen molar-refractivity contribution in [3.8, 4) is 0 Å². The Morgan fingerprint density at radius 2 is 1.68 bits per heavy atom. The maximum Gasteiger partial charge on any atom is 0.334 e. The maximum absolute atomic E-state index is 11.8. The average molecular weight is 291 g/mol. The van der Waals surface area contributed by atoms with E-state index in [-0.39, 0.29) is 18.6 Å². The lowest BCUT2D eigenvalue weighted by Gasteiger charge is -2.19.